The number of hydrogen-bond donors (Lipinski definition) is 1. The number of halogens is 2. The molecule has 0 unspecified atom stereocenters. The van der Waals surface area contributed by atoms with Crippen LogP contribution in [0.3, 0.4) is 0 Å². The van der Waals surface area contributed by atoms with Crippen LogP contribution in [-0.2, 0) is 22.6 Å². The fourth-order valence-corrected chi connectivity index (χ4v) is 2.74. The van der Waals surface area contributed by atoms with Gasteiger partial charge in [-0.15, -0.1) is 0 Å². The summed E-state index contributed by atoms with van der Waals surface area (Å²) >= 11 is 0. The molecule has 0 saturated heterocycles. The monoisotopic (exact) mass is 388 g/mol. The Morgan fingerprint density at radius 3 is 2.29 bits per heavy atom. The average Bonchev–Trinajstić information content (AvgIpc) is 2.68. The number of nitrogens with zero attached hydrogens (tertiary/aromatic N) is 1. The summed E-state index contributed by atoms with van der Waals surface area (Å²) in [6, 6.07) is 11.0. The van der Waals surface area contributed by atoms with Crippen molar-refractivity contribution in [3.8, 4) is 0 Å². The van der Waals surface area contributed by atoms with Crippen LogP contribution in [-0.4, -0.2) is 28.8 Å². The Morgan fingerprint density at radius 1 is 1.04 bits per heavy atom. The van der Waals surface area contributed by atoms with Crippen molar-refractivity contribution in [2.75, 3.05) is 0 Å². The van der Waals surface area contributed by atoms with E-state index in [0.717, 1.165) is 6.42 Å². The Hall–Kier alpha value is -2.76. The SMILES string of the molecule is CC[C@@H](C)NC(=O)[C@H](C)N(Cc1ccc(F)cc1)C(=O)Cc1ccccc1F. The number of carbonyl (C=O) groups excluding carboxylic acids is 2. The molecule has 4 nitrogen and oxygen atoms in total. The summed E-state index contributed by atoms with van der Waals surface area (Å²) in [7, 11) is 0. The summed E-state index contributed by atoms with van der Waals surface area (Å²) in [6.45, 7) is 5.61. The number of hydrogen-bond acceptors (Lipinski definition) is 2. The highest BCUT2D eigenvalue weighted by Gasteiger charge is 2.27. The van der Waals surface area contributed by atoms with Crippen molar-refractivity contribution in [2.24, 2.45) is 0 Å². The second kappa shape index (κ2) is 9.97. The predicted molar refractivity (Wildman–Crippen MR) is 104 cm³/mol. The molecule has 0 spiro atoms. The minimum Gasteiger partial charge on any atom is -0.352 e. The van der Waals surface area contributed by atoms with Gasteiger partial charge in [-0.25, -0.2) is 8.78 Å². The molecule has 0 radical (unpaired) electrons. The third kappa shape index (κ3) is 5.87. The Labute approximate surface area is 164 Å². The summed E-state index contributed by atoms with van der Waals surface area (Å²) in [6.07, 6.45) is 0.606. The first-order valence-electron chi connectivity index (χ1n) is 9.39. The molecule has 0 aliphatic rings. The smallest absolute Gasteiger partial charge is 0.242 e. The maximum absolute atomic E-state index is 14.0. The standard InChI is InChI=1S/C22H26F2N2O2/c1-4-15(2)25-22(28)16(3)26(14-17-9-11-19(23)12-10-17)21(27)13-18-7-5-6-8-20(18)24/h5-12,15-16H,4,13-14H2,1-3H3,(H,25,28)/t15-,16+/m1/s1. The Balaban J connectivity index is 2.23. The van der Waals surface area contributed by atoms with E-state index in [2.05, 4.69) is 5.32 Å². The van der Waals surface area contributed by atoms with Crippen LogP contribution in [0.15, 0.2) is 48.5 Å². The van der Waals surface area contributed by atoms with Crippen molar-refractivity contribution in [3.63, 3.8) is 0 Å². The summed E-state index contributed by atoms with van der Waals surface area (Å²) in [5.74, 6) is -1.50. The molecule has 6 heteroatoms. The first-order valence-corrected chi connectivity index (χ1v) is 9.39. The van der Waals surface area contributed by atoms with Crippen LogP contribution in [0.25, 0.3) is 0 Å². The molecule has 28 heavy (non-hydrogen) atoms. The maximum atomic E-state index is 14.0. The lowest BCUT2D eigenvalue weighted by Gasteiger charge is -2.30. The molecule has 0 saturated carbocycles. The van der Waals surface area contributed by atoms with Gasteiger partial charge in [-0.3, -0.25) is 9.59 Å². The van der Waals surface area contributed by atoms with E-state index < -0.39 is 11.9 Å². The van der Waals surface area contributed by atoms with Crippen molar-refractivity contribution in [2.45, 2.75) is 52.2 Å². The van der Waals surface area contributed by atoms with Crippen LogP contribution in [0.4, 0.5) is 8.78 Å². The summed E-state index contributed by atoms with van der Waals surface area (Å²) in [5, 5.41) is 2.87. The largest absolute Gasteiger partial charge is 0.352 e. The molecule has 0 aliphatic heterocycles. The first-order chi connectivity index (χ1) is 13.3. The van der Waals surface area contributed by atoms with Crippen molar-refractivity contribution in [3.05, 3.63) is 71.3 Å². The lowest BCUT2D eigenvalue weighted by atomic mass is 10.1. The van der Waals surface area contributed by atoms with Crippen molar-refractivity contribution in [1.29, 1.82) is 0 Å². The predicted octanol–water partition coefficient (Wildman–Crippen LogP) is 3.84. The molecule has 0 aliphatic carbocycles. The number of nitrogens with one attached hydrogen (secondary N) is 1. The highest BCUT2D eigenvalue weighted by Crippen LogP contribution is 2.15. The molecule has 2 amide bonds. The van der Waals surface area contributed by atoms with Gasteiger partial charge in [-0.1, -0.05) is 37.3 Å². The number of amides is 2. The van der Waals surface area contributed by atoms with E-state index in [4.69, 9.17) is 0 Å². The lowest BCUT2D eigenvalue weighted by molar-refractivity contribution is -0.140. The average molecular weight is 388 g/mol. The second-order valence-corrected chi connectivity index (χ2v) is 6.91. The first kappa shape index (κ1) is 21.5. The van der Waals surface area contributed by atoms with Crippen LogP contribution >= 0.6 is 0 Å². The molecule has 1 N–H and O–H groups in total. The summed E-state index contributed by atoms with van der Waals surface area (Å²) < 4.78 is 27.2. The van der Waals surface area contributed by atoms with E-state index >= 15 is 0 Å². The van der Waals surface area contributed by atoms with E-state index in [1.807, 2.05) is 13.8 Å². The van der Waals surface area contributed by atoms with E-state index in [9.17, 15) is 18.4 Å². The van der Waals surface area contributed by atoms with Crippen LogP contribution in [0.2, 0.25) is 0 Å². The molecule has 2 rings (SSSR count). The van der Waals surface area contributed by atoms with Gasteiger partial charge in [-0.2, -0.15) is 0 Å². The van der Waals surface area contributed by atoms with Gasteiger partial charge in [0.2, 0.25) is 11.8 Å². The number of carbonyl (C=O) groups is 2. The highest BCUT2D eigenvalue weighted by molar-refractivity contribution is 5.88. The molecule has 0 bridgehead atoms. The highest BCUT2D eigenvalue weighted by atomic mass is 19.1. The normalized spacial score (nSPS) is 12.9. The van der Waals surface area contributed by atoms with E-state index in [0.29, 0.717) is 5.56 Å². The van der Waals surface area contributed by atoms with Crippen LogP contribution < -0.4 is 5.32 Å². The quantitative estimate of drug-likeness (QED) is 0.747. The Kier molecular flexibility index (Phi) is 7.67. The number of rotatable bonds is 8. The number of benzene rings is 2. The summed E-state index contributed by atoms with van der Waals surface area (Å²) in [4.78, 5) is 26.9. The van der Waals surface area contributed by atoms with Gasteiger partial charge in [0.15, 0.2) is 0 Å². The maximum Gasteiger partial charge on any atom is 0.242 e. The minimum absolute atomic E-state index is 0.0238. The molecular formula is C22H26F2N2O2. The van der Waals surface area contributed by atoms with E-state index in [1.54, 1.807) is 37.3 Å². The molecule has 0 aromatic heterocycles. The fourth-order valence-electron chi connectivity index (χ4n) is 2.74. The van der Waals surface area contributed by atoms with Crippen LogP contribution in [0, 0.1) is 11.6 Å². The molecule has 2 atom stereocenters. The molecule has 0 heterocycles. The minimum atomic E-state index is -0.752. The van der Waals surface area contributed by atoms with E-state index in [1.165, 1.54) is 23.1 Å². The van der Waals surface area contributed by atoms with Gasteiger partial charge in [0, 0.05) is 12.6 Å². The zero-order chi connectivity index (χ0) is 20.7. The van der Waals surface area contributed by atoms with Gasteiger partial charge in [0.1, 0.15) is 17.7 Å². The second-order valence-electron chi connectivity index (χ2n) is 6.91. The van der Waals surface area contributed by atoms with Gasteiger partial charge >= 0.3 is 0 Å². The molecule has 0 fully saturated rings. The Bertz CT molecular complexity index is 808. The van der Waals surface area contributed by atoms with E-state index in [-0.39, 0.29) is 42.2 Å². The van der Waals surface area contributed by atoms with Crippen LogP contribution in [0.5, 0.6) is 0 Å². The zero-order valence-electron chi connectivity index (χ0n) is 16.4. The third-order valence-corrected chi connectivity index (χ3v) is 4.73. The summed E-state index contributed by atoms with van der Waals surface area (Å²) in [5.41, 5.74) is 0.956. The molecule has 2 aromatic rings. The molecule has 150 valence electrons. The van der Waals surface area contributed by atoms with Crippen molar-refractivity contribution >= 4 is 11.8 Å². The zero-order valence-corrected chi connectivity index (χ0v) is 16.4. The van der Waals surface area contributed by atoms with Gasteiger partial charge < -0.3 is 10.2 Å². The lowest BCUT2D eigenvalue weighted by Crippen LogP contribution is -2.50. The third-order valence-electron chi connectivity index (χ3n) is 4.73. The van der Waals surface area contributed by atoms with Crippen molar-refractivity contribution < 1.29 is 18.4 Å². The molecule has 2 aromatic carbocycles. The molecular weight excluding hydrogens is 362 g/mol. The van der Waals surface area contributed by atoms with Gasteiger partial charge in [-0.05, 0) is 49.6 Å². The van der Waals surface area contributed by atoms with Crippen LogP contribution in [0.1, 0.15) is 38.3 Å². The fraction of sp³-hybridized carbons (Fsp3) is 0.364. The Morgan fingerprint density at radius 2 is 1.68 bits per heavy atom. The van der Waals surface area contributed by atoms with Gasteiger partial charge in [0.25, 0.3) is 0 Å². The van der Waals surface area contributed by atoms with Gasteiger partial charge in [0.05, 0.1) is 6.42 Å². The van der Waals surface area contributed by atoms with Crippen molar-refractivity contribution in [1.82, 2.24) is 10.2 Å². The topological polar surface area (TPSA) is 49.4 Å².